The Morgan fingerprint density at radius 1 is 0.346 bits per heavy atom. The molecule has 11 aromatic rings. The van der Waals surface area contributed by atoms with Gasteiger partial charge in [0, 0.05) is 50.8 Å². The van der Waals surface area contributed by atoms with Crippen molar-refractivity contribution < 1.29 is 0 Å². The molecule has 0 aliphatic rings. The zero-order valence-electron chi connectivity index (χ0n) is 28.0. The molecule has 0 saturated carbocycles. The van der Waals surface area contributed by atoms with Gasteiger partial charge in [0.25, 0.3) is 0 Å². The summed E-state index contributed by atoms with van der Waals surface area (Å²) < 4.78 is 0. The van der Waals surface area contributed by atoms with Gasteiger partial charge in [-0.1, -0.05) is 121 Å². The molecule has 0 amide bonds. The standard InChI is InChI=1S/C48H28N4/c1-2-5-29(6-3-1)41-23-17-36(28-50-41)37-18-10-30-13-21-40-38(19-11-31-12-20-39(37)45(30)46(31)40)44-25-15-33-9-8-32-14-24-43(51-47(32)48(33)52-44)35-16-22-42-34(27-35)7-4-26-49-42/h1-28H. The minimum Gasteiger partial charge on any atom is -0.256 e. The Morgan fingerprint density at radius 3 is 1.71 bits per heavy atom. The highest BCUT2D eigenvalue weighted by atomic mass is 14.8. The highest BCUT2D eigenvalue weighted by molar-refractivity contribution is 6.27. The predicted octanol–water partition coefficient (Wildman–Crippen LogP) is 12.3. The molecule has 0 unspecified atom stereocenters. The summed E-state index contributed by atoms with van der Waals surface area (Å²) in [4.78, 5) is 19.9. The number of nitrogens with zero attached hydrogens (tertiary/aromatic N) is 4. The summed E-state index contributed by atoms with van der Waals surface area (Å²) >= 11 is 0. The number of rotatable bonds is 4. The molecule has 0 fully saturated rings. The van der Waals surface area contributed by atoms with E-state index in [0.717, 1.165) is 72.0 Å². The maximum absolute atomic E-state index is 5.36. The van der Waals surface area contributed by atoms with E-state index >= 15 is 0 Å². The lowest BCUT2D eigenvalue weighted by Crippen LogP contribution is -1.93. The fraction of sp³-hybridized carbons (Fsp3) is 0. The fourth-order valence-electron chi connectivity index (χ4n) is 7.92. The SMILES string of the molecule is c1ccc(-c2ccc(-c3ccc4ccc5c(-c6ccc7ccc8ccc(-c9ccc%10ncccc%10c9)nc8c7n6)ccc6ccc3c4c65)cn2)cc1. The van der Waals surface area contributed by atoms with Crippen LogP contribution in [-0.4, -0.2) is 19.9 Å². The van der Waals surface area contributed by atoms with Crippen LogP contribution in [0.25, 0.3) is 110 Å². The molecule has 0 spiro atoms. The van der Waals surface area contributed by atoms with Crippen molar-refractivity contribution >= 4 is 65.0 Å². The maximum Gasteiger partial charge on any atom is 0.0972 e. The second kappa shape index (κ2) is 11.2. The molecular weight excluding hydrogens is 633 g/mol. The van der Waals surface area contributed by atoms with Crippen LogP contribution in [0.1, 0.15) is 0 Å². The molecule has 4 heterocycles. The van der Waals surface area contributed by atoms with Crippen LogP contribution in [-0.2, 0) is 0 Å². The van der Waals surface area contributed by atoms with Gasteiger partial charge in [-0.3, -0.25) is 9.97 Å². The summed E-state index contributed by atoms with van der Waals surface area (Å²) in [5.74, 6) is 0. The topological polar surface area (TPSA) is 51.6 Å². The molecule has 7 aromatic carbocycles. The van der Waals surface area contributed by atoms with Crippen molar-refractivity contribution in [3.05, 3.63) is 170 Å². The molecule has 0 aliphatic heterocycles. The zero-order valence-corrected chi connectivity index (χ0v) is 28.0. The Bertz CT molecular complexity index is 3170. The third kappa shape index (κ3) is 4.48. The molecule has 240 valence electrons. The molecule has 4 aromatic heterocycles. The van der Waals surface area contributed by atoms with E-state index in [0.29, 0.717) is 0 Å². The summed E-state index contributed by atoms with van der Waals surface area (Å²) in [6.45, 7) is 0. The van der Waals surface area contributed by atoms with Crippen molar-refractivity contribution in [2.24, 2.45) is 0 Å². The van der Waals surface area contributed by atoms with E-state index in [-0.39, 0.29) is 0 Å². The van der Waals surface area contributed by atoms with Crippen molar-refractivity contribution in [3.8, 4) is 44.9 Å². The quantitative estimate of drug-likeness (QED) is 0.176. The minimum absolute atomic E-state index is 0.900. The molecule has 0 N–H and O–H groups in total. The smallest absolute Gasteiger partial charge is 0.0972 e. The molecule has 0 atom stereocenters. The van der Waals surface area contributed by atoms with Gasteiger partial charge >= 0.3 is 0 Å². The second-order valence-corrected chi connectivity index (χ2v) is 13.5. The van der Waals surface area contributed by atoms with Crippen molar-refractivity contribution in [3.63, 3.8) is 0 Å². The van der Waals surface area contributed by atoms with Crippen LogP contribution < -0.4 is 0 Å². The normalized spacial score (nSPS) is 11.8. The van der Waals surface area contributed by atoms with E-state index in [4.69, 9.17) is 15.0 Å². The average molecular weight is 661 g/mol. The van der Waals surface area contributed by atoms with Crippen LogP contribution in [0.4, 0.5) is 0 Å². The van der Waals surface area contributed by atoms with Gasteiger partial charge in [0.1, 0.15) is 0 Å². The van der Waals surface area contributed by atoms with Crippen LogP contribution in [0.2, 0.25) is 0 Å². The highest BCUT2D eigenvalue weighted by Crippen LogP contribution is 2.42. The summed E-state index contributed by atoms with van der Waals surface area (Å²) in [6, 6.07) is 55.8. The first-order chi connectivity index (χ1) is 25.7. The van der Waals surface area contributed by atoms with Crippen LogP contribution in [0.15, 0.2) is 170 Å². The second-order valence-electron chi connectivity index (χ2n) is 13.5. The van der Waals surface area contributed by atoms with E-state index in [1.54, 1.807) is 0 Å². The van der Waals surface area contributed by atoms with Crippen molar-refractivity contribution in [1.29, 1.82) is 0 Å². The van der Waals surface area contributed by atoms with Gasteiger partial charge in [0.15, 0.2) is 0 Å². The van der Waals surface area contributed by atoms with Crippen molar-refractivity contribution in [2.75, 3.05) is 0 Å². The monoisotopic (exact) mass is 660 g/mol. The summed E-state index contributed by atoms with van der Waals surface area (Å²) in [5, 5.41) is 10.6. The van der Waals surface area contributed by atoms with Gasteiger partial charge < -0.3 is 0 Å². The van der Waals surface area contributed by atoms with E-state index < -0.39 is 0 Å². The molecule has 0 saturated heterocycles. The molecule has 11 rings (SSSR count). The molecule has 0 bridgehead atoms. The van der Waals surface area contributed by atoms with Crippen LogP contribution in [0.3, 0.4) is 0 Å². The van der Waals surface area contributed by atoms with E-state index in [9.17, 15) is 0 Å². The number of aromatic nitrogens is 4. The van der Waals surface area contributed by atoms with Crippen molar-refractivity contribution in [1.82, 2.24) is 19.9 Å². The number of fused-ring (bicyclic) bond motifs is 4. The van der Waals surface area contributed by atoms with E-state index in [1.165, 1.54) is 37.9 Å². The Labute approximate surface area is 299 Å². The first-order valence-electron chi connectivity index (χ1n) is 17.5. The van der Waals surface area contributed by atoms with Gasteiger partial charge in [-0.05, 0) is 74.3 Å². The van der Waals surface area contributed by atoms with E-state index in [2.05, 4.69) is 138 Å². The third-order valence-corrected chi connectivity index (χ3v) is 10.5. The van der Waals surface area contributed by atoms with Crippen LogP contribution in [0.5, 0.6) is 0 Å². The molecule has 0 aliphatic carbocycles. The molecule has 52 heavy (non-hydrogen) atoms. The molecular formula is C48H28N4. The van der Waals surface area contributed by atoms with Gasteiger partial charge in [0.05, 0.1) is 33.6 Å². The minimum atomic E-state index is 0.900. The van der Waals surface area contributed by atoms with Gasteiger partial charge in [-0.2, -0.15) is 0 Å². The largest absolute Gasteiger partial charge is 0.256 e. The lowest BCUT2D eigenvalue weighted by molar-refractivity contribution is 1.33. The number of pyridine rings is 4. The first kappa shape index (κ1) is 28.8. The third-order valence-electron chi connectivity index (χ3n) is 10.5. The van der Waals surface area contributed by atoms with Gasteiger partial charge in [-0.25, -0.2) is 9.97 Å². The maximum atomic E-state index is 5.36. The van der Waals surface area contributed by atoms with Gasteiger partial charge in [0.2, 0.25) is 0 Å². The van der Waals surface area contributed by atoms with Gasteiger partial charge in [-0.15, -0.1) is 0 Å². The Morgan fingerprint density at radius 2 is 0.962 bits per heavy atom. The average Bonchev–Trinajstić information content (AvgIpc) is 3.22. The number of hydrogen-bond donors (Lipinski definition) is 0. The molecule has 0 radical (unpaired) electrons. The van der Waals surface area contributed by atoms with Crippen LogP contribution in [0, 0.1) is 0 Å². The number of hydrogen-bond acceptors (Lipinski definition) is 4. The summed E-state index contributed by atoms with van der Waals surface area (Å²) in [5.41, 5.74) is 11.2. The first-order valence-corrected chi connectivity index (χ1v) is 17.5. The highest BCUT2D eigenvalue weighted by Gasteiger charge is 2.17. The summed E-state index contributed by atoms with van der Waals surface area (Å²) in [7, 11) is 0. The lowest BCUT2D eigenvalue weighted by Gasteiger charge is -2.16. The number of benzene rings is 7. The Kier molecular flexibility index (Phi) is 6.22. The fourth-order valence-corrected chi connectivity index (χ4v) is 7.92. The van der Waals surface area contributed by atoms with E-state index in [1.807, 2.05) is 36.7 Å². The zero-order chi connectivity index (χ0) is 34.2. The Balaban J connectivity index is 1.06. The van der Waals surface area contributed by atoms with Crippen molar-refractivity contribution in [2.45, 2.75) is 0 Å². The lowest BCUT2D eigenvalue weighted by atomic mass is 9.88. The molecule has 4 nitrogen and oxygen atoms in total. The molecule has 4 heteroatoms. The van der Waals surface area contributed by atoms with Crippen LogP contribution >= 0.6 is 0 Å². The summed E-state index contributed by atoms with van der Waals surface area (Å²) in [6.07, 6.45) is 3.83. The Hall–Kier alpha value is -7.04. The predicted molar refractivity (Wildman–Crippen MR) is 216 cm³/mol.